The van der Waals surface area contributed by atoms with Gasteiger partial charge in [-0.2, -0.15) is 0 Å². The number of hydrogen-bond acceptors (Lipinski definition) is 5. The van der Waals surface area contributed by atoms with Gasteiger partial charge in [0.05, 0.1) is 20.3 Å². The normalized spacial score (nSPS) is 25.8. The van der Waals surface area contributed by atoms with Gasteiger partial charge in [0.2, 0.25) is 5.91 Å². The Morgan fingerprint density at radius 2 is 1.70 bits per heavy atom. The van der Waals surface area contributed by atoms with Crippen LogP contribution >= 0.6 is 0 Å². The summed E-state index contributed by atoms with van der Waals surface area (Å²) in [4.78, 5) is 14.7. The predicted octanol–water partition coefficient (Wildman–Crippen LogP) is 2.38. The number of ether oxygens (including phenoxy) is 3. The summed E-state index contributed by atoms with van der Waals surface area (Å²) < 4.78 is 16.0. The number of aryl methyl sites for hydroxylation is 1. The Labute approximate surface area is 161 Å². The third kappa shape index (κ3) is 4.55. The predicted molar refractivity (Wildman–Crippen MR) is 104 cm³/mol. The zero-order valence-electron chi connectivity index (χ0n) is 16.7. The minimum Gasteiger partial charge on any atom is -0.497 e. The first-order valence-corrected chi connectivity index (χ1v) is 9.80. The molecule has 1 aliphatic carbocycles. The van der Waals surface area contributed by atoms with Crippen LogP contribution in [0.15, 0.2) is 18.2 Å². The van der Waals surface area contributed by atoms with Crippen molar-refractivity contribution in [1.29, 1.82) is 0 Å². The van der Waals surface area contributed by atoms with Crippen LogP contribution in [-0.4, -0.2) is 56.9 Å². The SMILES string of the molecule is COc1cc(CCC2CCN(C(=O)C3(N)CC(OC)C3)CC2)cc(OC)c1. The van der Waals surface area contributed by atoms with Crippen molar-refractivity contribution >= 4 is 5.91 Å². The lowest BCUT2D eigenvalue weighted by Gasteiger charge is -2.46. The molecular formula is C21H32N2O4. The number of benzene rings is 1. The second-order valence-corrected chi connectivity index (χ2v) is 7.92. The van der Waals surface area contributed by atoms with Crippen molar-refractivity contribution in [2.45, 2.75) is 50.2 Å². The summed E-state index contributed by atoms with van der Waals surface area (Å²) in [6.45, 7) is 1.61. The molecule has 1 aromatic carbocycles. The van der Waals surface area contributed by atoms with Crippen LogP contribution in [0.2, 0.25) is 0 Å². The Morgan fingerprint density at radius 1 is 1.11 bits per heavy atom. The van der Waals surface area contributed by atoms with Crippen LogP contribution in [0.3, 0.4) is 0 Å². The standard InChI is InChI=1S/C21H32N2O4/c1-25-17-10-16(11-18(12-17)26-2)5-4-15-6-8-23(9-7-15)20(24)21(22)13-19(14-21)27-3/h10-12,15,19H,4-9,13-14,22H2,1-3H3. The molecule has 0 spiro atoms. The number of carbonyl (C=O) groups excluding carboxylic acids is 1. The van der Waals surface area contributed by atoms with E-state index in [1.54, 1.807) is 21.3 Å². The van der Waals surface area contributed by atoms with Gasteiger partial charge < -0.3 is 24.8 Å². The molecule has 150 valence electrons. The summed E-state index contributed by atoms with van der Waals surface area (Å²) in [5.41, 5.74) is 6.80. The number of carbonyl (C=O) groups is 1. The third-order valence-corrected chi connectivity index (χ3v) is 6.10. The van der Waals surface area contributed by atoms with Crippen molar-refractivity contribution in [2.75, 3.05) is 34.4 Å². The fourth-order valence-corrected chi connectivity index (χ4v) is 4.22. The first-order chi connectivity index (χ1) is 13.0. The molecule has 1 aromatic rings. The van der Waals surface area contributed by atoms with E-state index in [1.165, 1.54) is 5.56 Å². The molecule has 0 atom stereocenters. The molecule has 0 unspecified atom stereocenters. The summed E-state index contributed by atoms with van der Waals surface area (Å²) >= 11 is 0. The van der Waals surface area contributed by atoms with Gasteiger partial charge in [0.25, 0.3) is 0 Å². The molecule has 0 aromatic heterocycles. The molecule has 1 saturated heterocycles. The van der Waals surface area contributed by atoms with E-state index in [-0.39, 0.29) is 12.0 Å². The molecular weight excluding hydrogens is 344 g/mol. The number of methoxy groups -OCH3 is 3. The van der Waals surface area contributed by atoms with Crippen molar-refractivity contribution in [1.82, 2.24) is 4.90 Å². The molecule has 27 heavy (non-hydrogen) atoms. The average molecular weight is 376 g/mol. The zero-order chi connectivity index (χ0) is 19.4. The van der Waals surface area contributed by atoms with Gasteiger partial charge in [0.1, 0.15) is 17.0 Å². The molecule has 1 aliphatic heterocycles. The Kier molecular flexibility index (Phi) is 6.27. The number of nitrogens with two attached hydrogens (primary N) is 1. The van der Waals surface area contributed by atoms with Crippen LogP contribution in [-0.2, 0) is 16.0 Å². The fraction of sp³-hybridized carbons (Fsp3) is 0.667. The topological polar surface area (TPSA) is 74.0 Å². The molecule has 0 radical (unpaired) electrons. The highest BCUT2D eigenvalue weighted by molar-refractivity contribution is 5.87. The lowest BCUT2D eigenvalue weighted by Crippen LogP contribution is -2.65. The van der Waals surface area contributed by atoms with Crippen molar-refractivity contribution < 1.29 is 19.0 Å². The fourth-order valence-electron chi connectivity index (χ4n) is 4.22. The number of amides is 1. The summed E-state index contributed by atoms with van der Waals surface area (Å²) in [5.74, 6) is 2.39. The van der Waals surface area contributed by atoms with E-state index in [9.17, 15) is 4.79 Å². The molecule has 1 heterocycles. The number of hydrogen-bond donors (Lipinski definition) is 1. The highest BCUT2D eigenvalue weighted by Crippen LogP contribution is 2.35. The summed E-state index contributed by atoms with van der Waals surface area (Å²) in [6.07, 6.45) is 5.59. The lowest BCUT2D eigenvalue weighted by atomic mass is 9.73. The Hall–Kier alpha value is -1.79. The smallest absolute Gasteiger partial charge is 0.242 e. The third-order valence-electron chi connectivity index (χ3n) is 6.10. The molecule has 6 nitrogen and oxygen atoms in total. The Bertz CT molecular complexity index is 627. The average Bonchev–Trinajstić information content (AvgIpc) is 2.69. The maximum atomic E-state index is 12.7. The molecule has 2 N–H and O–H groups in total. The molecule has 6 heteroatoms. The minimum absolute atomic E-state index is 0.104. The van der Waals surface area contributed by atoms with E-state index in [0.717, 1.165) is 50.3 Å². The van der Waals surface area contributed by atoms with Gasteiger partial charge in [0.15, 0.2) is 0 Å². The van der Waals surface area contributed by atoms with Gasteiger partial charge in [-0.05, 0) is 49.3 Å². The first-order valence-electron chi connectivity index (χ1n) is 9.80. The van der Waals surface area contributed by atoms with Crippen LogP contribution < -0.4 is 15.2 Å². The van der Waals surface area contributed by atoms with Crippen molar-refractivity contribution in [3.05, 3.63) is 23.8 Å². The molecule has 1 amide bonds. The maximum absolute atomic E-state index is 12.7. The van der Waals surface area contributed by atoms with Gasteiger partial charge in [-0.15, -0.1) is 0 Å². The monoisotopic (exact) mass is 376 g/mol. The van der Waals surface area contributed by atoms with E-state index in [1.807, 2.05) is 11.0 Å². The van der Waals surface area contributed by atoms with Gasteiger partial charge in [-0.3, -0.25) is 4.79 Å². The molecule has 3 rings (SSSR count). The number of likely N-dealkylation sites (tertiary alicyclic amines) is 1. The highest BCUT2D eigenvalue weighted by atomic mass is 16.5. The van der Waals surface area contributed by atoms with Crippen LogP contribution in [0.4, 0.5) is 0 Å². The largest absolute Gasteiger partial charge is 0.497 e. The quantitative estimate of drug-likeness (QED) is 0.791. The van der Waals surface area contributed by atoms with Gasteiger partial charge >= 0.3 is 0 Å². The molecule has 2 aliphatic rings. The van der Waals surface area contributed by atoms with Gasteiger partial charge in [-0.25, -0.2) is 0 Å². The van der Waals surface area contributed by atoms with E-state index in [0.29, 0.717) is 18.8 Å². The van der Waals surface area contributed by atoms with E-state index in [2.05, 4.69) is 12.1 Å². The van der Waals surface area contributed by atoms with E-state index >= 15 is 0 Å². The Morgan fingerprint density at radius 3 is 2.22 bits per heavy atom. The van der Waals surface area contributed by atoms with E-state index in [4.69, 9.17) is 19.9 Å². The van der Waals surface area contributed by atoms with Crippen LogP contribution in [0.1, 0.15) is 37.7 Å². The maximum Gasteiger partial charge on any atom is 0.242 e. The second-order valence-electron chi connectivity index (χ2n) is 7.92. The van der Waals surface area contributed by atoms with Crippen molar-refractivity contribution in [3.8, 4) is 11.5 Å². The number of nitrogens with zero attached hydrogens (tertiary/aromatic N) is 1. The number of rotatable bonds is 7. The highest BCUT2D eigenvalue weighted by Gasteiger charge is 2.49. The van der Waals surface area contributed by atoms with Gasteiger partial charge in [-0.1, -0.05) is 0 Å². The second kappa shape index (κ2) is 8.48. The Balaban J connectivity index is 1.47. The summed E-state index contributed by atoms with van der Waals surface area (Å²) in [6, 6.07) is 6.04. The minimum atomic E-state index is -0.704. The summed E-state index contributed by atoms with van der Waals surface area (Å²) in [7, 11) is 5.02. The van der Waals surface area contributed by atoms with Crippen LogP contribution in [0.5, 0.6) is 11.5 Å². The van der Waals surface area contributed by atoms with E-state index < -0.39 is 5.54 Å². The van der Waals surface area contributed by atoms with Crippen LogP contribution in [0.25, 0.3) is 0 Å². The molecule has 2 fully saturated rings. The zero-order valence-corrected chi connectivity index (χ0v) is 16.7. The number of piperidine rings is 1. The lowest BCUT2D eigenvalue weighted by molar-refractivity contribution is -0.147. The molecule has 0 bridgehead atoms. The van der Waals surface area contributed by atoms with Crippen molar-refractivity contribution in [2.24, 2.45) is 11.7 Å². The van der Waals surface area contributed by atoms with Crippen molar-refractivity contribution in [3.63, 3.8) is 0 Å². The summed E-state index contributed by atoms with van der Waals surface area (Å²) in [5, 5.41) is 0. The van der Waals surface area contributed by atoms with Crippen LogP contribution in [0, 0.1) is 5.92 Å². The van der Waals surface area contributed by atoms with Gasteiger partial charge in [0, 0.05) is 39.1 Å². The molecule has 1 saturated carbocycles. The first kappa shape index (κ1) is 20.0.